The predicted octanol–water partition coefficient (Wildman–Crippen LogP) is 5.03. The SMILES string of the molecule is COC(=O)[C@H](C1=CC[C@@H](c2cccs2)N1S(=O)(=O)c1ccc(C)cc1)c1ccccc1. The molecule has 0 bridgehead atoms. The van der Waals surface area contributed by atoms with E-state index in [-0.39, 0.29) is 4.90 Å². The lowest BCUT2D eigenvalue weighted by Gasteiger charge is -2.32. The average Bonchev–Trinajstić information content (AvgIpc) is 3.45. The second-order valence-electron chi connectivity index (χ2n) is 7.38. The van der Waals surface area contributed by atoms with E-state index in [2.05, 4.69) is 0 Å². The van der Waals surface area contributed by atoms with Gasteiger partial charge in [-0.25, -0.2) is 8.42 Å². The van der Waals surface area contributed by atoms with Crippen LogP contribution in [0.3, 0.4) is 0 Å². The summed E-state index contributed by atoms with van der Waals surface area (Å²) in [6, 6.07) is 19.4. The fourth-order valence-electron chi connectivity index (χ4n) is 3.88. The van der Waals surface area contributed by atoms with E-state index in [0.717, 1.165) is 10.4 Å². The largest absolute Gasteiger partial charge is 0.468 e. The Hall–Kier alpha value is -2.90. The van der Waals surface area contributed by atoms with Crippen molar-refractivity contribution in [1.82, 2.24) is 4.31 Å². The molecule has 0 spiro atoms. The third-order valence-corrected chi connectivity index (χ3v) is 8.23. The van der Waals surface area contributed by atoms with Gasteiger partial charge < -0.3 is 4.74 Å². The topological polar surface area (TPSA) is 63.7 Å². The summed E-state index contributed by atoms with van der Waals surface area (Å²) in [4.78, 5) is 14.0. The molecule has 1 aliphatic heterocycles. The Balaban J connectivity index is 1.86. The zero-order valence-electron chi connectivity index (χ0n) is 17.3. The van der Waals surface area contributed by atoms with E-state index in [4.69, 9.17) is 4.74 Å². The summed E-state index contributed by atoms with van der Waals surface area (Å²) in [5, 5.41) is 1.93. The lowest BCUT2D eigenvalue weighted by Crippen LogP contribution is -2.35. The quantitative estimate of drug-likeness (QED) is 0.491. The van der Waals surface area contributed by atoms with E-state index in [1.165, 1.54) is 22.8 Å². The number of nitrogens with zero attached hydrogens (tertiary/aromatic N) is 1. The number of rotatable bonds is 6. The molecular formula is C24H23NO4S2. The van der Waals surface area contributed by atoms with E-state index in [1.807, 2.05) is 60.8 Å². The Bertz CT molecular complexity index is 1180. The first-order valence-electron chi connectivity index (χ1n) is 9.91. The molecular weight excluding hydrogens is 430 g/mol. The lowest BCUT2D eigenvalue weighted by atomic mass is 9.96. The van der Waals surface area contributed by atoms with Crippen molar-refractivity contribution in [1.29, 1.82) is 0 Å². The highest BCUT2D eigenvalue weighted by atomic mass is 32.2. The van der Waals surface area contributed by atoms with Crippen LogP contribution >= 0.6 is 11.3 Å². The van der Waals surface area contributed by atoms with E-state index in [1.54, 1.807) is 24.3 Å². The smallest absolute Gasteiger partial charge is 0.319 e. The van der Waals surface area contributed by atoms with Crippen molar-refractivity contribution >= 4 is 27.3 Å². The minimum Gasteiger partial charge on any atom is -0.468 e. The number of thiophene rings is 1. The molecule has 0 radical (unpaired) electrons. The van der Waals surface area contributed by atoms with Crippen LogP contribution in [0.1, 0.15) is 34.4 Å². The number of benzene rings is 2. The number of carbonyl (C=O) groups excluding carboxylic acids is 1. The van der Waals surface area contributed by atoms with Crippen LogP contribution in [0.2, 0.25) is 0 Å². The summed E-state index contributed by atoms with van der Waals surface area (Å²) in [6.45, 7) is 1.91. The zero-order chi connectivity index (χ0) is 22.0. The van der Waals surface area contributed by atoms with Crippen LogP contribution in [0, 0.1) is 6.92 Å². The molecule has 0 N–H and O–H groups in total. The van der Waals surface area contributed by atoms with Gasteiger partial charge in [-0.05, 0) is 42.5 Å². The van der Waals surface area contributed by atoms with Crippen LogP contribution in [0.25, 0.3) is 0 Å². The summed E-state index contributed by atoms with van der Waals surface area (Å²) in [5.74, 6) is -1.33. The number of methoxy groups -OCH3 is 1. The van der Waals surface area contributed by atoms with Crippen LogP contribution < -0.4 is 0 Å². The number of hydrogen-bond acceptors (Lipinski definition) is 5. The molecule has 2 heterocycles. The van der Waals surface area contributed by atoms with Gasteiger partial charge in [0.1, 0.15) is 5.92 Å². The fraction of sp³-hybridized carbons (Fsp3) is 0.208. The third kappa shape index (κ3) is 4.03. The van der Waals surface area contributed by atoms with Gasteiger partial charge in [-0.15, -0.1) is 11.3 Å². The first-order valence-corrected chi connectivity index (χ1v) is 12.2. The molecule has 4 rings (SSSR count). The second-order valence-corrected chi connectivity index (χ2v) is 10.2. The third-order valence-electron chi connectivity index (χ3n) is 5.40. The summed E-state index contributed by atoms with van der Waals surface area (Å²) < 4.78 is 34.2. The molecule has 5 nitrogen and oxygen atoms in total. The maximum absolute atomic E-state index is 13.8. The van der Waals surface area contributed by atoms with E-state index >= 15 is 0 Å². The number of ether oxygens (including phenoxy) is 1. The minimum absolute atomic E-state index is 0.198. The minimum atomic E-state index is -3.91. The zero-order valence-corrected chi connectivity index (χ0v) is 18.9. The second kappa shape index (κ2) is 8.69. The predicted molar refractivity (Wildman–Crippen MR) is 121 cm³/mol. The van der Waals surface area contributed by atoms with Gasteiger partial charge in [0, 0.05) is 10.6 Å². The van der Waals surface area contributed by atoms with Crippen molar-refractivity contribution in [3.05, 3.63) is 99.9 Å². The van der Waals surface area contributed by atoms with Crippen molar-refractivity contribution < 1.29 is 17.9 Å². The number of carbonyl (C=O) groups is 1. The highest BCUT2D eigenvalue weighted by molar-refractivity contribution is 7.89. The molecule has 0 saturated carbocycles. The number of sulfonamides is 1. The Morgan fingerprint density at radius 3 is 2.39 bits per heavy atom. The van der Waals surface area contributed by atoms with Crippen LogP contribution in [-0.4, -0.2) is 25.8 Å². The first kappa shape index (κ1) is 21.3. The van der Waals surface area contributed by atoms with Crippen molar-refractivity contribution in [3.63, 3.8) is 0 Å². The molecule has 1 aromatic heterocycles. The van der Waals surface area contributed by atoms with Gasteiger partial charge in [0.2, 0.25) is 0 Å². The summed E-state index contributed by atoms with van der Waals surface area (Å²) >= 11 is 1.51. The molecule has 3 aromatic rings. The molecule has 31 heavy (non-hydrogen) atoms. The Morgan fingerprint density at radius 1 is 1.06 bits per heavy atom. The molecule has 0 aliphatic carbocycles. The van der Waals surface area contributed by atoms with Crippen LogP contribution in [0.15, 0.2) is 88.8 Å². The summed E-state index contributed by atoms with van der Waals surface area (Å²) in [6.07, 6.45) is 2.34. The highest BCUT2D eigenvalue weighted by Gasteiger charge is 2.43. The Labute approximate surface area is 186 Å². The maximum atomic E-state index is 13.8. The van der Waals surface area contributed by atoms with Crippen molar-refractivity contribution in [2.24, 2.45) is 0 Å². The van der Waals surface area contributed by atoms with Crippen LogP contribution in [0.4, 0.5) is 0 Å². The van der Waals surface area contributed by atoms with Gasteiger partial charge in [0.05, 0.1) is 18.0 Å². The van der Waals surface area contributed by atoms with Gasteiger partial charge in [-0.1, -0.05) is 60.2 Å². The van der Waals surface area contributed by atoms with E-state index < -0.39 is 28.0 Å². The monoisotopic (exact) mass is 453 g/mol. The standard InChI is InChI=1S/C24H23NO4S2/c1-17-10-12-19(13-11-17)31(27,28)25-20(22-9-6-16-30-22)14-15-21(25)23(24(26)29-2)18-7-4-3-5-8-18/h3-13,15-16,20,23H,14H2,1-2H3/t20-,23-/m0/s1. The lowest BCUT2D eigenvalue weighted by molar-refractivity contribution is -0.141. The average molecular weight is 454 g/mol. The normalized spacial score (nSPS) is 17.3. The first-order chi connectivity index (χ1) is 14.9. The Morgan fingerprint density at radius 2 is 1.77 bits per heavy atom. The van der Waals surface area contributed by atoms with E-state index in [0.29, 0.717) is 17.7 Å². The molecule has 0 unspecified atom stereocenters. The van der Waals surface area contributed by atoms with Gasteiger partial charge in [0.15, 0.2) is 0 Å². The van der Waals surface area contributed by atoms with Crippen LogP contribution in [-0.2, 0) is 19.6 Å². The van der Waals surface area contributed by atoms with Gasteiger partial charge in [-0.3, -0.25) is 9.10 Å². The van der Waals surface area contributed by atoms with Crippen molar-refractivity contribution in [2.75, 3.05) is 7.11 Å². The molecule has 160 valence electrons. The molecule has 7 heteroatoms. The Kier molecular flexibility index (Phi) is 5.98. The molecule has 2 aromatic carbocycles. The molecule has 0 amide bonds. The fourth-order valence-corrected chi connectivity index (χ4v) is 6.47. The van der Waals surface area contributed by atoms with Gasteiger partial charge in [0.25, 0.3) is 10.0 Å². The van der Waals surface area contributed by atoms with Crippen molar-refractivity contribution in [2.45, 2.75) is 30.2 Å². The van der Waals surface area contributed by atoms with Crippen molar-refractivity contribution in [3.8, 4) is 0 Å². The number of aryl methyl sites for hydroxylation is 1. The number of hydrogen-bond donors (Lipinski definition) is 0. The molecule has 1 aliphatic rings. The van der Waals surface area contributed by atoms with Gasteiger partial charge >= 0.3 is 5.97 Å². The molecule has 2 atom stereocenters. The molecule has 0 saturated heterocycles. The summed E-state index contributed by atoms with van der Waals surface area (Å²) in [5.41, 5.74) is 2.09. The maximum Gasteiger partial charge on any atom is 0.319 e. The highest BCUT2D eigenvalue weighted by Crippen LogP contribution is 2.45. The summed E-state index contributed by atoms with van der Waals surface area (Å²) in [7, 11) is -2.59. The van der Waals surface area contributed by atoms with Crippen LogP contribution in [0.5, 0.6) is 0 Å². The van der Waals surface area contributed by atoms with Gasteiger partial charge in [-0.2, -0.15) is 0 Å². The van der Waals surface area contributed by atoms with E-state index in [9.17, 15) is 13.2 Å². The number of esters is 1. The molecule has 0 fully saturated rings.